The van der Waals surface area contributed by atoms with Gasteiger partial charge < -0.3 is 20.6 Å². The van der Waals surface area contributed by atoms with Crippen LogP contribution in [0.25, 0.3) is 0 Å². The van der Waals surface area contributed by atoms with Crippen molar-refractivity contribution < 1.29 is 9.50 Å². The van der Waals surface area contributed by atoms with Gasteiger partial charge in [0.1, 0.15) is 11.4 Å². The number of benzene rings is 1. The molecule has 0 aliphatic carbocycles. The monoisotopic (exact) mass is 520 g/mol. The Morgan fingerprint density at radius 3 is 2.46 bits per heavy atom. The molecule has 0 aliphatic rings. The van der Waals surface area contributed by atoms with Crippen LogP contribution in [0.1, 0.15) is 30.3 Å². The topological polar surface area (TPSA) is 59.9 Å². The number of nitrogens with one attached hydrogen (secondary N) is 2. The van der Waals surface area contributed by atoms with Gasteiger partial charge in [-0.1, -0.05) is 18.2 Å². The molecule has 0 amide bonds. The van der Waals surface area contributed by atoms with E-state index in [2.05, 4.69) is 20.5 Å². The summed E-state index contributed by atoms with van der Waals surface area (Å²) in [5.41, 5.74) is 0.0179. The summed E-state index contributed by atoms with van der Waals surface area (Å²) in [7, 11) is 3.97. The van der Waals surface area contributed by atoms with Crippen molar-refractivity contribution in [3.8, 4) is 0 Å². The third-order valence-electron chi connectivity index (χ3n) is 4.28. The van der Waals surface area contributed by atoms with Gasteiger partial charge in [0.2, 0.25) is 0 Å². The molecule has 0 bridgehead atoms. The minimum Gasteiger partial charge on any atom is -0.383 e. The minimum absolute atomic E-state index is 0. The molecule has 0 aliphatic heterocycles. The molecule has 5 nitrogen and oxygen atoms in total. The Balaban J connectivity index is 0.00000392. The Bertz CT molecular complexity index is 720. The average Bonchev–Trinajstić information content (AvgIpc) is 3.16. The molecule has 0 fully saturated rings. The quantitative estimate of drug-likeness (QED) is 0.283. The molecule has 0 spiro atoms. The highest BCUT2D eigenvalue weighted by Gasteiger charge is 2.24. The molecule has 1 aromatic carbocycles. The maximum Gasteiger partial charge on any atom is 0.191 e. The van der Waals surface area contributed by atoms with E-state index in [1.54, 1.807) is 19.1 Å². The summed E-state index contributed by atoms with van der Waals surface area (Å²) in [5, 5.41) is 19.1. The molecule has 2 rings (SSSR count). The molecule has 1 heterocycles. The van der Waals surface area contributed by atoms with Gasteiger partial charge in [0.25, 0.3) is 0 Å². The van der Waals surface area contributed by atoms with Crippen LogP contribution in [-0.4, -0.2) is 49.7 Å². The molecule has 0 radical (unpaired) electrons. The zero-order chi connectivity index (χ0) is 19.9. The van der Waals surface area contributed by atoms with Gasteiger partial charge in [0.15, 0.2) is 5.96 Å². The number of hydrogen-bond acceptors (Lipinski definition) is 4. The molecule has 156 valence electrons. The van der Waals surface area contributed by atoms with Crippen molar-refractivity contribution in [3.05, 3.63) is 58.0 Å². The SMILES string of the molecule is CCNC(=NCC(C)(O)c1cccs1)NCC(c1ccc(F)cc1)N(C)C.I. The zero-order valence-electron chi connectivity index (χ0n) is 16.8. The van der Waals surface area contributed by atoms with E-state index in [1.807, 2.05) is 38.5 Å². The third kappa shape index (κ3) is 7.31. The molecule has 0 saturated heterocycles. The number of hydrogen-bond donors (Lipinski definition) is 3. The zero-order valence-corrected chi connectivity index (χ0v) is 19.9. The molecular weight excluding hydrogens is 490 g/mol. The lowest BCUT2D eigenvalue weighted by Crippen LogP contribution is -2.42. The molecule has 2 unspecified atom stereocenters. The first kappa shape index (κ1) is 24.8. The van der Waals surface area contributed by atoms with E-state index in [0.29, 0.717) is 12.5 Å². The summed E-state index contributed by atoms with van der Waals surface area (Å²) >= 11 is 1.52. The summed E-state index contributed by atoms with van der Waals surface area (Å²) < 4.78 is 13.2. The largest absolute Gasteiger partial charge is 0.383 e. The molecule has 2 atom stereocenters. The Labute approximate surface area is 188 Å². The summed E-state index contributed by atoms with van der Waals surface area (Å²) in [4.78, 5) is 7.52. The van der Waals surface area contributed by atoms with E-state index in [-0.39, 0.29) is 42.4 Å². The van der Waals surface area contributed by atoms with E-state index < -0.39 is 5.60 Å². The van der Waals surface area contributed by atoms with Crippen molar-refractivity contribution in [2.75, 3.05) is 33.7 Å². The molecule has 0 saturated carbocycles. The highest BCUT2D eigenvalue weighted by molar-refractivity contribution is 14.0. The van der Waals surface area contributed by atoms with Gasteiger partial charge in [-0.05, 0) is 57.1 Å². The second kappa shape index (κ2) is 11.7. The van der Waals surface area contributed by atoms with Gasteiger partial charge >= 0.3 is 0 Å². The van der Waals surface area contributed by atoms with Crippen LogP contribution >= 0.6 is 35.3 Å². The lowest BCUT2D eigenvalue weighted by Gasteiger charge is -2.26. The number of halogens is 2. The van der Waals surface area contributed by atoms with E-state index in [0.717, 1.165) is 17.0 Å². The lowest BCUT2D eigenvalue weighted by atomic mass is 10.1. The van der Waals surface area contributed by atoms with Gasteiger partial charge in [-0.25, -0.2) is 9.38 Å². The van der Waals surface area contributed by atoms with Crippen LogP contribution in [0.5, 0.6) is 0 Å². The summed E-state index contributed by atoms with van der Waals surface area (Å²) in [6.45, 7) is 5.35. The van der Waals surface area contributed by atoms with Crippen molar-refractivity contribution in [3.63, 3.8) is 0 Å². The number of rotatable bonds is 8. The minimum atomic E-state index is -1.01. The molecule has 2 aromatic rings. The van der Waals surface area contributed by atoms with Crippen molar-refractivity contribution in [1.82, 2.24) is 15.5 Å². The van der Waals surface area contributed by atoms with Gasteiger partial charge in [-0.2, -0.15) is 0 Å². The average molecular weight is 520 g/mol. The maximum atomic E-state index is 13.2. The number of aliphatic imine (C=N–C) groups is 1. The molecular formula is C20H30FIN4OS. The Morgan fingerprint density at radius 2 is 1.93 bits per heavy atom. The van der Waals surface area contributed by atoms with Gasteiger partial charge in [0.05, 0.1) is 12.6 Å². The highest BCUT2D eigenvalue weighted by Crippen LogP contribution is 2.25. The summed E-state index contributed by atoms with van der Waals surface area (Å²) in [5.74, 6) is 0.401. The van der Waals surface area contributed by atoms with Crippen molar-refractivity contribution in [2.45, 2.75) is 25.5 Å². The predicted octanol–water partition coefficient (Wildman–Crippen LogP) is 3.57. The number of nitrogens with zero attached hydrogens (tertiary/aromatic N) is 2. The molecule has 8 heteroatoms. The fourth-order valence-electron chi connectivity index (χ4n) is 2.71. The summed E-state index contributed by atoms with van der Waals surface area (Å²) in [6, 6.07) is 10.4. The highest BCUT2D eigenvalue weighted by atomic mass is 127. The van der Waals surface area contributed by atoms with Gasteiger partial charge in [0, 0.05) is 18.0 Å². The van der Waals surface area contributed by atoms with Crippen LogP contribution in [0.4, 0.5) is 4.39 Å². The van der Waals surface area contributed by atoms with E-state index in [4.69, 9.17) is 0 Å². The van der Waals surface area contributed by atoms with Crippen molar-refractivity contribution in [1.29, 1.82) is 0 Å². The number of thiophene rings is 1. The third-order valence-corrected chi connectivity index (χ3v) is 5.41. The second-order valence-electron chi connectivity index (χ2n) is 6.86. The summed E-state index contributed by atoms with van der Waals surface area (Å²) in [6.07, 6.45) is 0. The smallest absolute Gasteiger partial charge is 0.191 e. The van der Waals surface area contributed by atoms with Gasteiger partial charge in [-0.15, -0.1) is 35.3 Å². The Hall–Kier alpha value is -1.23. The van der Waals surface area contributed by atoms with E-state index in [1.165, 1.54) is 23.5 Å². The van der Waals surface area contributed by atoms with Crippen LogP contribution in [0, 0.1) is 5.82 Å². The molecule has 3 N–H and O–H groups in total. The molecule has 28 heavy (non-hydrogen) atoms. The van der Waals surface area contributed by atoms with Crippen LogP contribution in [0.3, 0.4) is 0 Å². The number of likely N-dealkylation sites (N-methyl/N-ethyl adjacent to an activating group) is 1. The van der Waals surface area contributed by atoms with Crippen LogP contribution in [-0.2, 0) is 5.60 Å². The van der Waals surface area contributed by atoms with E-state index in [9.17, 15) is 9.50 Å². The van der Waals surface area contributed by atoms with E-state index >= 15 is 0 Å². The van der Waals surface area contributed by atoms with Crippen LogP contribution in [0.15, 0.2) is 46.8 Å². The lowest BCUT2D eigenvalue weighted by molar-refractivity contribution is 0.0711. The van der Waals surface area contributed by atoms with Crippen LogP contribution < -0.4 is 10.6 Å². The van der Waals surface area contributed by atoms with Crippen LogP contribution in [0.2, 0.25) is 0 Å². The maximum absolute atomic E-state index is 13.2. The Morgan fingerprint density at radius 1 is 1.25 bits per heavy atom. The first-order chi connectivity index (χ1) is 12.8. The second-order valence-corrected chi connectivity index (χ2v) is 7.81. The Kier molecular flexibility index (Phi) is 10.4. The first-order valence-corrected chi connectivity index (χ1v) is 9.92. The molecule has 1 aromatic heterocycles. The fourth-order valence-corrected chi connectivity index (χ4v) is 3.49. The standard InChI is InChI=1S/C20H29FN4OS.HI/c1-5-22-19(24-14-20(2,26)18-7-6-12-27-18)23-13-17(25(3)4)15-8-10-16(21)11-9-15;/h6-12,17,26H,5,13-14H2,1-4H3,(H2,22,23,24);1H. The normalized spacial score (nSPS) is 14.9. The van der Waals surface area contributed by atoms with Crippen molar-refractivity contribution in [2.24, 2.45) is 4.99 Å². The van der Waals surface area contributed by atoms with Crippen molar-refractivity contribution >= 4 is 41.3 Å². The predicted molar refractivity (Wildman–Crippen MR) is 126 cm³/mol. The number of guanidine groups is 1. The fraction of sp³-hybridized carbons (Fsp3) is 0.450. The van der Waals surface area contributed by atoms with Gasteiger partial charge in [-0.3, -0.25) is 0 Å². The first-order valence-electron chi connectivity index (χ1n) is 9.04. The number of aliphatic hydroxyl groups is 1.